The topological polar surface area (TPSA) is 26.3 Å². The summed E-state index contributed by atoms with van der Waals surface area (Å²) in [6.45, 7) is 3.60. The van der Waals surface area contributed by atoms with Crippen LogP contribution in [0.15, 0.2) is 41.4 Å². The van der Waals surface area contributed by atoms with Gasteiger partial charge in [0.05, 0.1) is 6.42 Å². The third-order valence-corrected chi connectivity index (χ3v) is 6.64. The molecule has 136 valence electrons. The highest BCUT2D eigenvalue weighted by molar-refractivity contribution is 9.10. The number of hydrogen-bond donors (Lipinski definition) is 0. The van der Waals surface area contributed by atoms with Crippen molar-refractivity contribution in [1.82, 2.24) is 0 Å². The zero-order chi connectivity index (χ0) is 17.6. The maximum absolute atomic E-state index is 11.6. The number of carbonyl (C=O) groups is 1. The second kappa shape index (κ2) is 9.02. The van der Waals surface area contributed by atoms with Gasteiger partial charge in [-0.3, -0.25) is 4.79 Å². The zero-order valence-electron chi connectivity index (χ0n) is 15.0. The van der Waals surface area contributed by atoms with E-state index in [-0.39, 0.29) is 12.1 Å². The molecule has 0 bridgehead atoms. The Morgan fingerprint density at radius 1 is 1.00 bits per heavy atom. The summed E-state index contributed by atoms with van der Waals surface area (Å²) in [7, 11) is 0. The highest BCUT2D eigenvalue weighted by Gasteiger charge is 2.32. The van der Waals surface area contributed by atoms with Gasteiger partial charge in [0.15, 0.2) is 0 Å². The zero-order valence-corrected chi connectivity index (χ0v) is 16.5. The van der Waals surface area contributed by atoms with Gasteiger partial charge in [0, 0.05) is 4.47 Å². The fraction of sp³-hybridized carbons (Fsp3) is 0.591. The molecular formula is C22H29BrO2. The Morgan fingerprint density at radius 3 is 2.12 bits per heavy atom. The average Bonchev–Trinajstić information content (AvgIpc) is 2.63. The van der Waals surface area contributed by atoms with E-state index in [9.17, 15) is 4.79 Å². The second-order valence-electron chi connectivity index (χ2n) is 7.68. The van der Waals surface area contributed by atoms with E-state index in [0.29, 0.717) is 6.42 Å². The van der Waals surface area contributed by atoms with Crippen molar-refractivity contribution in [3.8, 4) is 0 Å². The Balaban J connectivity index is 1.42. The first-order chi connectivity index (χ1) is 12.2. The molecule has 1 aromatic rings. The van der Waals surface area contributed by atoms with Crippen LogP contribution in [0.25, 0.3) is 0 Å². The third-order valence-electron chi connectivity index (χ3n) is 6.11. The van der Waals surface area contributed by atoms with Crippen LogP contribution in [0.2, 0.25) is 0 Å². The van der Waals surface area contributed by atoms with E-state index in [2.05, 4.69) is 46.8 Å². The van der Waals surface area contributed by atoms with Crippen molar-refractivity contribution in [3.63, 3.8) is 0 Å². The van der Waals surface area contributed by atoms with Crippen molar-refractivity contribution < 1.29 is 9.53 Å². The summed E-state index contributed by atoms with van der Waals surface area (Å²) in [5, 5.41) is 0. The molecule has 2 aliphatic rings. The third kappa shape index (κ3) is 5.20. The van der Waals surface area contributed by atoms with Crippen molar-refractivity contribution in [1.29, 1.82) is 0 Å². The average molecular weight is 405 g/mol. The standard InChI is InChI=1S/C22H29BrO2/c1-2-3-22(24)25-21-14-10-19(11-15-21)17-6-4-16(5-7-17)18-8-12-20(23)13-9-18/h2,8-9,12-13,16-17,19,21H,1,3-7,10-11,14-15H2. The monoisotopic (exact) mass is 404 g/mol. The molecule has 0 saturated heterocycles. The molecule has 0 amide bonds. The van der Waals surface area contributed by atoms with E-state index in [0.717, 1.165) is 35.1 Å². The summed E-state index contributed by atoms with van der Waals surface area (Å²) in [4.78, 5) is 11.6. The minimum Gasteiger partial charge on any atom is -0.462 e. The smallest absolute Gasteiger partial charge is 0.309 e. The first kappa shape index (κ1) is 18.7. The molecule has 3 heteroatoms. The number of hydrogen-bond acceptors (Lipinski definition) is 2. The lowest BCUT2D eigenvalue weighted by Crippen LogP contribution is -2.29. The summed E-state index contributed by atoms with van der Waals surface area (Å²) in [6, 6.07) is 8.88. The molecule has 0 heterocycles. The number of ether oxygens (including phenoxy) is 1. The van der Waals surface area contributed by atoms with E-state index in [1.807, 2.05) is 0 Å². The SMILES string of the molecule is C=CCC(=O)OC1CCC(C2CCC(c3ccc(Br)cc3)CC2)CC1. The molecule has 0 unspecified atom stereocenters. The van der Waals surface area contributed by atoms with Crippen LogP contribution in [0, 0.1) is 11.8 Å². The van der Waals surface area contributed by atoms with Crippen LogP contribution in [0.1, 0.15) is 69.3 Å². The molecule has 0 spiro atoms. The van der Waals surface area contributed by atoms with Crippen molar-refractivity contribution in [3.05, 3.63) is 47.0 Å². The van der Waals surface area contributed by atoms with Gasteiger partial charge in [0.1, 0.15) is 6.10 Å². The van der Waals surface area contributed by atoms with Crippen molar-refractivity contribution in [2.45, 2.75) is 69.8 Å². The van der Waals surface area contributed by atoms with Gasteiger partial charge in [-0.15, -0.1) is 6.58 Å². The van der Waals surface area contributed by atoms with Crippen LogP contribution >= 0.6 is 15.9 Å². The minimum atomic E-state index is -0.117. The number of benzene rings is 1. The molecule has 0 aliphatic heterocycles. The number of rotatable bonds is 5. The molecule has 2 fully saturated rings. The lowest BCUT2D eigenvalue weighted by Gasteiger charge is -2.37. The summed E-state index contributed by atoms with van der Waals surface area (Å²) < 4.78 is 6.70. The molecule has 0 atom stereocenters. The summed E-state index contributed by atoms with van der Waals surface area (Å²) >= 11 is 3.52. The van der Waals surface area contributed by atoms with Crippen molar-refractivity contribution in [2.24, 2.45) is 11.8 Å². The van der Waals surface area contributed by atoms with Crippen LogP contribution in [0.5, 0.6) is 0 Å². The van der Waals surface area contributed by atoms with Gasteiger partial charge in [-0.05, 0) is 86.8 Å². The number of esters is 1. The Hall–Kier alpha value is -1.09. The largest absolute Gasteiger partial charge is 0.462 e. The predicted octanol–water partition coefficient (Wildman–Crippen LogP) is 6.40. The minimum absolute atomic E-state index is 0.117. The number of carbonyl (C=O) groups excluding carboxylic acids is 1. The van der Waals surface area contributed by atoms with Gasteiger partial charge in [-0.1, -0.05) is 34.1 Å². The highest BCUT2D eigenvalue weighted by atomic mass is 79.9. The second-order valence-corrected chi connectivity index (χ2v) is 8.60. The molecule has 2 nitrogen and oxygen atoms in total. The lowest BCUT2D eigenvalue weighted by molar-refractivity contribution is -0.150. The van der Waals surface area contributed by atoms with E-state index in [1.54, 1.807) is 6.08 Å². The van der Waals surface area contributed by atoms with E-state index < -0.39 is 0 Å². The Morgan fingerprint density at radius 2 is 1.56 bits per heavy atom. The normalized spacial score (nSPS) is 29.8. The highest BCUT2D eigenvalue weighted by Crippen LogP contribution is 2.43. The fourth-order valence-electron chi connectivity index (χ4n) is 4.69. The van der Waals surface area contributed by atoms with Gasteiger partial charge in [0.25, 0.3) is 0 Å². The van der Waals surface area contributed by atoms with Crippen LogP contribution in [0.4, 0.5) is 0 Å². The maximum atomic E-state index is 11.6. The quantitative estimate of drug-likeness (QED) is 0.418. The fourth-order valence-corrected chi connectivity index (χ4v) is 4.95. The first-order valence-electron chi connectivity index (χ1n) is 9.71. The maximum Gasteiger partial charge on any atom is 0.309 e. The molecule has 3 rings (SSSR count). The summed E-state index contributed by atoms with van der Waals surface area (Å²) in [5.74, 6) is 2.32. The van der Waals surface area contributed by atoms with Crippen molar-refractivity contribution >= 4 is 21.9 Å². The first-order valence-corrected chi connectivity index (χ1v) is 10.5. The predicted molar refractivity (Wildman–Crippen MR) is 105 cm³/mol. The van der Waals surface area contributed by atoms with Gasteiger partial charge in [-0.2, -0.15) is 0 Å². The van der Waals surface area contributed by atoms with Crippen LogP contribution in [-0.4, -0.2) is 12.1 Å². The van der Waals surface area contributed by atoms with Gasteiger partial charge < -0.3 is 4.74 Å². The van der Waals surface area contributed by atoms with Gasteiger partial charge in [-0.25, -0.2) is 0 Å². The van der Waals surface area contributed by atoms with Crippen molar-refractivity contribution in [2.75, 3.05) is 0 Å². The molecule has 0 aromatic heterocycles. The Labute approximate surface area is 160 Å². The molecular weight excluding hydrogens is 376 g/mol. The lowest BCUT2D eigenvalue weighted by atomic mass is 9.69. The summed E-state index contributed by atoms with van der Waals surface area (Å²) in [6.07, 6.45) is 12.0. The summed E-state index contributed by atoms with van der Waals surface area (Å²) in [5.41, 5.74) is 1.50. The van der Waals surface area contributed by atoms with Crippen LogP contribution < -0.4 is 0 Å². The molecule has 0 radical (unpaired) electrons. The van der Waals surface area contributed by atoms with E-state index >= 15 is 0 Å². The number of halogens is 1. The van der Waals surface area contributed by atoms with E-state index in [1.165, 1.54) is 44.1 Å². The van der Waals surface area contributed by atoms with E-state index in [4.69, 9.17) is 4.74 Å². The van der Waals surface area contributed by atoms with Crippen LogP contribution in [-0.2, 0) is 9.53 Å². The Bertz CT molecular complexity index is 564. The van der Waals surface area contributed by atoms with Gasteiger partial charge >= 0.3 is 5.97 Å². The molecule has 2 saturated carbocycles. The molecule has 25 heavy (non-hydrogen) atoms. The molecule has 0 N–H and O–H groups in total. The van der Waals surface area contributed by atoms with Crippen LogP contribution in [0.3, 0.4) is 0 Å². The van der Waals surface area contributed by atoms with Gasteiger partial charge in [0.2, 0.25) is 0 Å². The molecule has 1 aromatic carbocycles. The molecule has 2 aliphatic carbocycles. The Kier molecular flexibility index (Phi) is 6.75.